The molecule has 1 aromatic carbocycles. The van der Waals surface area contributed by atoms with Crippen LogP contribution in [0.15, 0.2) is 55.0 Å². The lowest BCUT2D eigenvalue weighted by Crippen LogP contribution is -2.38. The number of rotatable bonds is 3. The van der Waals surface area contributed by atoms with Crippen molar-refractivity contribution < 1.29 is 9.90 Å². The minimum atomic E-state index is -0.776. The molecule has 28 heavy (non-hydrogen) atoms. The van der Waals surface area contributed by atoms with Gasteiger partial charge in [-0.05, 0) is 11.6 Å². The summed E-state index contributed by atoms with van der Waals surface area (Å²) in [5.74, 6) is -0.0468. The van der Waals surface area contributed by atoms with E-state index >= 15 is 0 Å². The zero-order valence-corrected chi connectivity index (χ0v) is 15.4. The summed E-state index contributed by atoms with van der Waals surface area (Å²) in [6, 6.07) is 11.3. The summed E-state index contributed by atoms with van der Waals surface area (Å²) < 4.78 is 5.47. The number of aromatic nitrogens is 5. The van der Waals surface area contributed by atoms with Crippen molar-refractivity contribution in [2.75, 3.05) is 6.54 Å². The Morgan fingerprint density at radius 3 is 2.82 bits per heavy atom. The van der Waals surface area contributed by atoms with Gasteiger partial charge in [-0.3, -0.25) is 9.48 Å². The Hall–Kier alpha value is -3.39. The third-order valence-electron chi connectivity index (χ3n) is 5.26. The maximum Gasteiger partial charge on any atom is 0.259 e. The Balaban J connectivity index is 1.40. The van der Waals surface area contributed by atoms with Gasteiger partial charge in [-0.15, -0.1) is 0 Å². The molecule has 4 aromatic rings. The van der Waals surface area contributed by atoms with Crippen molar-refractivity contribution in [3.8, 4) is 0 Å². The monoisotopic (exact) mass is 376 g/mol. The van der Waals surface area contributed by atoms with Crippen LogP contribution >= 0.6 is 0 Å². The number of carbonyl (C=O) groups is 1. The Bertz CT molecular complexity index is 1160. The van der Waals surface area contributed by atoms with Crippen LogP contribution in [0.4, 0.5) is 0 Å². The van der Waals surface area contributed by atoms with Crippen molar-refractivity contribution >= 4 is 11.6 Å². The lowest BCUT2D eigenvalue weighted by Gasteiger charge is -2.27. The normalized spacial score (nSPS) is 15.0. The second-order valence-electron chi connectivity index (χ2n) is 7.06. The molecule has 0 bridgehead atoms. The van der Waals surface area contributed by atoms with E-state index in [-0.39, 0.29) is 5.91 Å². The van der Waals surface area contributed by atoms with E-state index in [9.17, 15) is 9.90 Å². The summed E-state index contributed by atoms with van der Waals surface area (Å²) in [7, 11) is 1.90. The second-order valence-corrected chi connectivity index (χ2v) is 7.06. The quantitative estimate of drug-likeness (QED) is 0.589. The van der Waals surface area contributed by atoms with Crippen molar-refractivity contribution in [3.05, 3.63) is 77.5 Å². The standard InChI is InChI=1S/C20H20N6O2/c1-23-7-9-26-19(23)16(12-21-26)20(28)24-8-10-25-15(13-24)11-17(22-25)18(27)14-5-3-2-4-6-14/h2-7,9,11-12,18,27H,8,10,13H2,1H3/t18-/m0/s1. The molecule has 1 aliphatic rings. The summed E-state index contributed by atoms with van der Waals surface area (Å²) in [5.41, 5.74) is 3.69. The van der Waals surface area contributed by atoms with Gasteiger partial charge in [0.05, 0.1) is 30.7 Å². The largest absolute Gasteiger partial charge is 0.382 e. The number of aryl methyl sites for hydroxylation is 1. The van der Waals surface area contributed by atoms with Crippen molar-refractivity contribution in [1.29, 1.82) is 0 Å². The van der Waals surface area contributed by atoms with Crippen molar-refractivity contribution in [2.45, 2.75) is 19.2 Å². The van der Waals surface area contributed by atoms with E-state index in [2.05, 4.69) is 10.2 Å². The van der Waals surface area contributed by atoms with E-state index < -0.39 is 6.10 Å². The molecule has 0 unspecified atom stereocenters. The van der Waals surface area contributed by atoms with Gasteiger partial charge in [0.25, 0.3) is 5.91 Å². The fourth-order valence-corrected chi connectivity index (χ4v) is 3.77. The van der Waals surface area contributed by atoms with E-state index in [0.717, 1.165) is 16.9 Å². The second kappa shape index (κ2) is 6.35. The predicted molar refractivity (Wildman–Crippen MR) is 102 cm³/mol. The average molecular weight is 376 g/mol. The molecule has 1 amide bonds. The molecule has 0 saturated carbocycles. The van der Waals surface area contributed by atoms with Gasteiger partial charge in [-0.25, -0.2) is 4.52 Å². The van der Waals surface area contributed by atoms with Gasteiger partial charge < -0.3 is 14.6 Å². The Morgan fingerprint density at radius 1 is 1.18 bits per heavy atom. The summed E-state index contributed by atoms with van der Waals surface area (Å²) in [6.07, 6.45) is 4.55. The topological polar surface area (TPSA) is 80.6 Å². The van der Waals surface area contributed by atoms with Crippen LogP contribution in [0.5, 0.6) is 0 Å². The minimum Gasteiger partial charge on any atom is -0.382 e. The molecule has 8 nitrogen and oxygen atoms in total. The first-order valence-corrected chi connectivity index (χ1v) is 9.19. The van der Waals surface area contributed by atoms with Gasteiger partial charge in [0.2, 0.25) is 0 Å². The number of aliphatic hydroxyl groups is 1. The lowest BCUT2D eigenvalue weighted by atomic mass is 10.1. The van der Waals surface area contributed by atoms with Crippen LogP contribution in [0.3, 0.4) is 0 Å². The highest BCUT2D eigenvalue weighted by molar-refractivity contribution is 5.99. The molecule has 0 fully saturated rings. The summed E-state index contributed by atoms with van der Waals surface area (Å²) >= 11 is 0. The predicted octanol–water partition coefficient (Wildman–Crippen LogP) is 1.61. The van der Waals surface area contributed by atoms with E-state index in [0.29, 0.717) is 30.9 Å². The molecule has 5 rings (SSSR count). The highest BCUT2D eigenvalue weighted by Crippen LogP contribution is 2.24. The van der Waals surface area contributed by atoms with Crippen molar-refractivity contribution in [3.63, 3.8) is 0 Å². The van der Waals surface area contributed by atoms with Gasteiger partial charge in [0.1, 0.15) is 17.3 Å². The molecular formula is C20H20N6O2. The van der Waals surface area contributed by atoms with Crippen LogP contribution in [0.25, 0.3) is 5.65 Å². The Kier molecular flexibility index (Phi) is 3.80. The smallest absolute Gasteiger partial charge is 0.259 e. The number of benzene rings is 1. The fourth-order valence-electron chi connectivity index (χ4n) is 3.77. The lowest BCUT2D eigenvalue weighted by molar-refractivity contribution is 0.0707. The van der Waals surface area contributed by atoms with Crippen LogP contribution in [0.2, 0.25) is 0 Å². The van der Waals surface area contributed by atoms with Gasteiger partial charge in [-0.2, -0.15) is 10.2 Å². The zero-order valence-electron chi connectivity index (χ0n) is 15.4. The number of fused-ring (bicyclic) bond motifs is 2. The molecular weight excluding hydrogens is 356 g/mol. The molecule has 3 aromatic heterocycles. The summed E-state index contributed by atoms with van der Waals surface area (Å²) in [4.78, 5) is 14.9. The van der Waals surface area contributed by atoms with Crippen LogP contribution in [-0.4, -0.2) is 46.4 Å². The third kappa shape index (κ3) is 2.61. The average Bonchev–Trinajstić information content (AvgIpc) is 3.43. The van der Waals surface area contributed by atoms with E-state index in [1.165, 1.54) is 0 Å². The van der Waals surface area contributed by atoms with Crippen LogP contribution < -0.4 is 0 Å². The van der Waals surface area contributed by atoms with Crippen LogP contribution in [0, 0.1) is 0 Å². The molecule has 0 radical (unpaired) electrons. The Morgan fingerprint density at radius 2 is 2.00 bits per heavy atom. The number of aliphatic hydroxyl groups excluding tert-OH is 1. The Labute approximate surface area is 161 Å². The number of nitrogens with zero attached hydrogens (tertiary/aromatic N) is 6. The number of amides is 1. The SMILES string of the molecule is Cn1ccn2ncc(C(=O)N3CCn4nc([C@@H](O)c5ccccc5)cc4C3)c12. The number of imidazole rings is 1. The molecule has 142 valence electrons. The first-order valence-electron chi connectivity index (χ1n) is 9.19. The van der Waals surface area contributed by atoms with Gasteiger partial charge in [0, 0.05) is 26.0 Å². The highest BCUT2D eigenvalue weighted by Gasteiger charge is 2.27. The van der Waals surface area contributed by atoms with E-state index in [1.807, 2.05) is 65.1 Å². The molecule has 1 aliphatic heterocycles. The zero-order chi connectivity index (χ0) is 19.3. The highest BCUT2D eigenvalue weighted by atomic mass is 16.3. The number of hydrogen-bond acceptors (Lipinski definition) is 4. The van der Waals surface area contributed by atoms with Crippen molar-refractivity contribution in [2.24, 2.45) is 7.05 Å². The third-order valence-corrected chi connectivity index (χ3v) is 5.26. The fraction of sp³-hybridized carbons (Fsp3) is 0.250. The first-order chi connectivity index (χ1) is 13.6. The molecule has 8 heteroatoms. The molecule has 4 heterocycles. The van der Waals surface area contributed by atoms with Crippen LogP contribution in [0.1, 0.15) is 33.4 Å². The summed E-state index contributed by atoms with van der Waals surface area (Å²) in [5, 5.41) is 19.4. The summed E-state index contributed by atoms with van der Waals surface area (Å²) in [6.45, 7) is 1.62. The molecule has 0 aliphatic carbocycles. The maximum absolute atomic E-state index is 13.1. The minimum absolute atomic E-state index is 0.0468. The van der Waals surface area contributed by atoms with Gasteiger partial charge >= 0.3 is 0 Å². The number of hydrogen-bond donors (Lipinski definition) is 1. The van der Waals surface area contributed by atoms with E-state index in [1.54, 1.807) is 15.6 Å². The van der Waals surface area contributed by atoms with Gasteiger partial charge in [0.15, 0.2) is 0 Å². The molecule has 1 N–H and O–H groups in total. The molecule has 0 saturated heterocycles. The molecule has 1 atom stereocenters. The van der Waals surface area contributed by atoms with Crippen molar-refractivity contribution in [1.82, 2.24) is 28.9 Å². The maximum atomic E-state index is 13.1. The van der Waals surface area contributed by atoms with E-state index in [4.69, 9.17) is 0 Å². The number of carbonyl (C=O) groups excluding carboxylic acids is 1. The van der Waals surface area contributed by atoms with Crippen LogP contribution in [-0.2, 0) is 20.1 Å². The van der Waals surface area contributed by atoms with Gasteiger partial charge in [-0.1, -0.05) is 30.3 Å². The first kappa shape index (κ1) is 16.8. The molecule has 0 spiro atoms.